The van der Waals surface area contributed by atoms with Crippen LogP contribution in [0.2, 0.25) is 0 Å². The van der Waals surface area contributed by atoms with Gasteiger partial charge in [0.25, 0.3) is 0 Å². The predicted octanol–water partition coefficient (Wildman–Crippen LogP) is 13.4. The molecule has 260 valence electrons. The predicted molar refractivity (Wildman–Crippen MR) is 227 cm³/mol. The first kappa shape index (κ1) is 31.0. The molecule has 0 bridgehead atoms. The molecule has 0 unspecified atom stereocenters. The number of fused-ring (bicyclic) bond motifs is 13. The Bertz CT molecular complexity index is 3090. The van der Waals surface area contributed by atoms with Crippen LogP contribution >= 0.6 is 0 Å². The van der Waals surface area contributed by atoms with E-state index in [1.54, 1.807) is 0 Å². The Hall–Kier alpha value is -7.36. The molecule has 0 amide bonds. The number of para-hydroxylation sites is 1. The lowest BCUT2D eigenvalue weighted by atomic mass is 9.70. The van der Waals surface area contributed by atoms with Gasteiger partial charge in [0.05, 0.1) is 16.8 Å². The van der Waals surface area contributed by atoms with Gasteiger partial charge in [-0.15, -0.1) is 0 Å². The molecule has 2 aliphatic rings. The van der Waals surface area contributed by atoms with E-state index in [9.17, 15) is 0 Å². The molecule has 3 heteroatoms. The first-order valence-electron chi connectivity index (χ1n) is 19.2. The van der Waals surface area contributed by atoms with E-state index in [-0.39, 0.29) is 0 Å². The third-order valence-corrected chi connectivity index (χ3v) is 11.9. The number of furan rings is 1. The number of hydrogen-bond acceptors (Lipinski definition) is 3. The molecular weight excluding hydrogens is 681 g/mol. The van der Waals surface area contributed by atoms with Crippen LogP contribution in [0.5, 0.6) is 0 Å². The highest BCUT2D eigenvalue weighted by Gasteiger charge is 2.52. The molecule has 2 aromatic heterocycles. The quantitative estimate of drug-likeness (QED) is 0.182. The second kappa shape index (κ2) is 11.8. The Morgan fingerprint density at radius 2 is 0.875 bits per heavy atom. The maximum absolute atomic E-state index is 6.63. The first-order chi connectivity index (χ1) is 27.8. The maximum Gasteiger partial charge on any atom is 0.161 e. The average molecular weight is 713 g/mol. The van der Waals surface area contributed by atoms with E-state index >= 15 is 0 Å². The Morgan fingerprint density at radius 1 is 0.357 bits per heavy atom. The Morgan fingerprint density at radius 3 is 1.54 bits per heavy atom. The molecule has 8 aromatic carbocycles. The summed E-state index contributed by atoms with van der Waals surface area (Å²) in [5, 5.41) is 2.13. The molecule has 0 fully saturated rings. The van der Waals surface area contributed by atoms with E-state index in [2.05, 4.69) is 176 Å². The summed E-state index contributed by atoms with van der Waals surface area (Å²) in [6, 6.07) is 69.4. The van der Waals surface area contributed by atoms with E-state index < -0.39 is 5.41 Å². The highest BCUT2D eigenvalue weighted by Crippen LogP contribution is 2.64. The zero-order valence-corrected chi connectivity index (χ0v) is 30.3. The molecule has 3 nitrogen and oxygen atoms in total. The zero-order valence-electron chi connectivity index (χ0n) is 30.3. The van der Waals surface area contributed by atoms with Gasteiger partial charge in [0, 0.05) is 33.0 Å². The molecule has 10 aromatic rings. The summed E-state index contributed by atoms with van der Waals surface area (Å²) in [6.07, 6.45) is 0. The van der Waals surface area contributed by atoms with Gasteiger partial charge in [-0.25, -0.2) is 9.97 Å². The van der Waals surface area contributed by atoms with Crippen molar-refractivity contribution in [1.29, 1.82) is 0 Å². The maximum atomic E-state index is 6.63. The molecule has 2 heterocycles. The fourth-order valence-electron chi connectivity index (χ4n) is 9.72. The second-order valence-corrected chi connectivity index (χ2v) is 14.8. The number of hydrogen-bond donors (Lipinski definition) is 0. The van der Waals surface area contributed by atoms with Crippen molar-refractivity contribution in [2.75, 3.05) is 0 Å². The van der Waals surface area contributed by atoms with Gasteiger partial charge in [-0.1, -0.05) is 170 Å². The fourth-order valence-corrected chi connectivity index (χ4v) is 9.72. The van der Waals surface area contributed by atoms with E-state index in [0.717, 1.165) is 61.1 Å². The molecule has 0 aliphatic heterocycles. The summed E-state index contributed by atoms with van der Waals surface area (Å²) >= 11 is 0. The Balaban J connectivity index is 1.22. The second-order valence-electron chi connectivity index (χ2n) is 14.8. The van der Waals surface area contributed by atoms with Crippen molar-refractivity contribution in [3.63, 3.8) is 0 Å². The van der Waals surface area contributed by atoms with Gasteiger partial charge in [0.1, 0.15) is 11.2 Å². The van der Waals surface area contributed by atoms with Crippen LogP contribution in [0.3, 0.4) is 0 Å². The van der Waals surface area contributed by atoms with Crippen LogP contribution in [0.15, 0.2) is 199 Å². The zero-order chi connectivity index (χ0) is 36.8. The minimum atomic E-state index is -0.466. The van der Waals surface area contributed by atoms with E-state index in [0.29, 0.717) is 5.82 Å². The van der Waals surface area contributed by atoms with Crippen LogP contribution in [-0.2, 0) is 5.41 Å². The van der Waals surface area contributed by atoms with Gasteiger partial charge in [0.15, 0.2) is 5.82 Å². The van der Waals surface area contributed by atoms with Crippen molar-refractivity contribution in [3.8, 4) is 67.3 Å². The monoisotopic (exact) mass is 712 g/mol. The smallest absolute Gasteiger partial charge is 0.161 e. The van der Waals surface area contributed by atoms with Crippen molar-refractivity contribution in [2.24, 2.45) is 0 Å². The standard InChI is InChI=1S/C53H32N2O/c1-3-16-33(17-4-1)45-32-46(34-18-5-2-6-19-34)55-52(54-45)40-30-31-48-51(38-23-10-14-29-47(38)56-48)50(40)39-24-15-28-44-49(39)37-22-9-13-27-43(37)53(44)41-25-11-7-20-35(41)36-21-8-12-26-42(36)53/h1-32H. The Labute approximate surface area is 324 Å². The van der Waals surface area contributed by atoms with Crippen molar-refractivity contribution >= 4 is 21.9 Å². The SMILES string of the molecule is c1ccc(-c2cc(-c3ccccc3)nc(-c3ccc4oc5ccccc5c4c3-c3cccc4c3-c3ccccc3C43c4ccccc4-c4ccccc43)n2)cc1. The molecule has 0 saturated heterocycles. The van der Waals surface area contributed by atoms with Gasteiger partial charge in [-0.3, -0.25) is 0 Å². The van der Waals surface area contributed by atoms with Crippen LogP contribution in [0.25, 0.3) is 89.2 Å². The highest BCUT2D eigenvalue weighted by atomic mass is 16.3. The number of aromatic nitrogens is 2. The summed E-state index contributed by atoms with van der Waals surface area (Å²) in [5.41, 5.74) is 18.5. The van der Waals surface area contributed by atoms with Gasteiger partial charge in [-0.05, 0) is 74.3 Å². The molecule has 56 heavy (non-hydrogen) atoms. The van der Waals surface area contributed by atoms with Gasteiger partial charge < -0.3 is 4.42 Å². The Kier molecular flexibility index (Phi) is 6.55. The van der Waals surface area contributed by atoms with Crippen LogP contribution in [0, 0.1) is 0 Å². The van der Waals surface area contributed by atoms with Crippen molar-refractivity contribution in [2.45, 2.75) is 5.41 Å². The molecule has 12 rings (SSSR count). The lowest BCUT2D eigenvalue weighted by Crippen LogP contribution is -2.25. The third kappa shape index (κ3) is 4.22. The fraction of sp³-hybridized carbons (Fsp3) is 0.0189. The van der Waals surface area contributed by atoms with E-state index in [1.165, 1.54) is 44.5 Å². The normalized spacial score (nSPS) is 13.1. The molecule has 0 atom stereocenters. The minimum absolute atomic E-state index is 0.466. The van der Waals surface area contributed by atoms with E-state index in [1.807, 2.05) is 18.2 Å². The molecular formula is C53H32N2O. The van der Waals surface area contributed by atoms with E-state index in [4.69, 9.17) is 14.4 Å². The van der Waals surface area contributed by atoms with Crippen molar-refractivity contribution in [1.82, 2.24) is 9.97 Å². The topological polar surface area (TPSA) is 38.9 Å². The van der Waals surface area contributed by atoms with Gasteiger partial charge in [0.2, 0.25) is 0 Å². The molecule has 2 aliphatic carbocycles. The molecule has 0 radical (unpaired) electrons. The van der Waals surface area contributed by atoms with Crippen molar-refractivity contribution < 1.29 is 4.42 Å². The van der Waals surface area contributed by atoms with Crippen LogP contribution < -0.4 is 0 Å². The molecule has 0 N–H and O–H groups in total. The summed E-state index contributed by atoms with van der Waals surface area (Å²) in [6.45, 7) is 0. The molecule has 0 saturated carbocycles. The summed E-state index contributed by atoms with van der Waals surface area (Å²) in [7, 11) is 0. The van der Waals surface area contributed by atoms with Crippen LogP contribution in [0.4, 0.5) is 0 Å². The lowest BCUT2D eigenvalue weighted by Gasteiger charge is -2.30. The number of rotatable bonds is 4. The first-order valence-corrected chi connectivity index (χ1v) is 19.2. The van der Waals surface area contributed by atoms with Crippen LogP contribution in [-0.4, -0.2) is 9.97 Å². The largest absolute Gasteiger partial charge is 0.456 e. The van der Waals surface area contributed by atoms with Gasteiger partial charge >= 0.3 is 0 Å². The third-order valence-electron chi connectivity index (χ3n) is 11.9. The summed E-state index contributed by atoms with van der Waals surface area (Å²) in [4.78, 5) is 10.8. The van der Waals surface area contributed by atoms with Gasteiger partial charge in [-0.2, -0.15) is 0 Å². The highest BCUT2D eigenvalue weighted by molar-refractivity contribution is 6.18. The number of nitrogens with zero attached hydrogens (tertiary/aromatic N) is 2. The summed E-state index contributed by atoms with van der Waals surface area (Å²) < 4.78 is 6.63. The number of benzene rings is 8. The van der Waals surface area contributed by atoms with Crippen LogP contribution in [0.1, 0.15) is 22.3 Å². The average Bonchev–Trinajstić information content (AvgIpc) is 3.91. The lowest BCUT2D eigenvalue weighted by molar-refractivity contribution is 0.669. The molecule has 1 spiro atoms. The minimum Gasteiger partial charge on any atom is -0.456 e. The summed E-state index contributed by atoms with van der Waals surface area (Å²) in [5.74, 6) is 0.669. The van der Waals surface area contributed by atoms with Crippen molar-refractivity contribution in [3.05, 3.63) is 216 Å².